The second kappa shape index (κ2) is 9.55. The van der Waals surface area contributed by atoms with Gasteiger partial charge in [-0.2, -0.15) is 0 Å². The molecule has 0 saturated heterocycles. The lowest BCUT2D eigenvalue weighted by molar-refractivity contribution is -0.119. The number of methoxy groups -OCH3 is 1. The number of hydrogen-bond donors (Lipinski definition) is 1. The Morgan fingerprint density at radius 2 is 2.04 bits per heavy atom. The summed E-state index contributed by atoms with van der Waals surface area (Å²) < 4.78 is 30.0. The third kappa shape index (κ3) is 6.39. The maximum Gasteiger partial charge on any atom is 0.337 e. The largest absolute Gasteiger partial charge is 0.465 e. The van der Waals surface area contributed by atoms with E-state index < -0.39 is 16.0 Å². The lowest BCUT2D eigenvalue weighted by Gasteiger charge is -2.22. The Morgan fingerprint density at radius 3 is 2.67 bits per heavy atom. The normalized spacial score (nSPS) is 14.2. The minimum absolute atomic E-state index is 0.216. The monoisotopic (exact) mass is 394 g/mol. The van der Waals surface area contributed by atoms with Gasteiger partial charge in [0.1, 0.15) is 6.54 Å². The van der Waals surface area contributed by atoms with Gasteiger partial charge in [0.15, 0.2) is 0 Å². The van der Waals surface area contributed by atoms with E-state index in [1.54, 1.807) is 6.07 Å². The van der Waals surface area contributed by atoms with Crippen molar-refractivity contribution in [2.24, 2.45) is 0 Å². The van der Waals surface area contributed by atoms with Gasteiger partial charge in [0.2, 0.25) is 15.9 Å². The Labute approximate surface area is 160 Å². The summed E-state index contributed by atoms with van der Waals surface area (Å²) in [4.78, 5) is 23.9. The first-order valence-electron chi connectivity index (χ1n) is 8.92. The highest BCUT2D eigenvalue weighted by atomic mass is 32.2. The van der Waals surface area contributed by atoms with Crippen molar-refractivity contribution in [3.05, 3.63) is 41.5 Å². The molecule has 8 heteroatoms. The summed E-state index contributed by atoms with van der Waals surface area (Å²) in [5.74, 6) is -0.962. The van der Waals surface area contributed by atoms with Gasteiger partial charge in [-0.15, -0.1) is 0 Å². The summed E-state index contributed by atoms with van der Waals surface area (Å²) >= 11 is 0. The first kappa shape index (κ1) is 21.0. The van der Waals surface area contributed by atoms with Crippen LogP contribution in [-0.4, -0.2) is 46.7 Å². The zero-order chi connectivity index (χ0) is 19.9. The molecular weight excluding hydrogens is 368 g/mol. The maximum absolute atomic E-state index is 12.3. The minimum atomic E-state index is -3.70. The number of benzene rings is 1. The van der Waals surface area contributed by atoms with Gasteiger partial charge in [0.25, 0.3) is 0 Å². The molecule has 0 heterocycles. The van der Waals surface area contributed by atoms with Crippen LogP contribution >= 0.6 is 0 Å². The van der Waals surface area contributed by atoms with E-state index in [1.807, 2.05) is 0 Å². The number of carbonyl (C=O) groups is 2. The van der Waals surface area contributed by atoms with Crippen LogP contribution in [0.15, 0.2) is 35.9 Å². The molecule has 0 saturated carbocycles. The van der Waals surface area contributed by atoms with Gasteiger partial charge in [-0.1, -0.05) is 17.7 Å². The Kier molecular flexibility index (Phi) is 7.41. The third-order valence-electron chi connectivity index (χ3n) is 4.40. The molecule has 1 aliphatic carbocycles. The zero-order valence-electron chi connectivity index (χ0n) is 15.7. The van der Waals surface area contributed by atoms with Gasteiger partial charge in [-0.3, -0.25) is 9.10 Å². The lowest BCUT2D eigenvalue weighted by Crippen LogP contribution is -2.40. The predicted octanol–water partition coefficient (Wildman–Crippen LogP) is 2.25. The molecule has 0 aliphatic heterocycles. The van der Waals surface area contributed by atoms with Crippen molar-refractivity contribution in [2.45, 2.75) is 32.1 Å². The number of rotatable bonds is 8. The Bertz CT molecular complexity index is 817. The lowest BCUT2D eigenvalue weighted by atomic mass is 9.97. The summed E-state index contributed by atoms with van der Waals surface area (Å²) in [7, 11) is -2.45. The van der Waals surface area contributed by atoms with E-state index >= 15 is 0 Å². The summed E-state index contributed by atoms with van der Waals surface area (Å²) in [5, 5.41) is 2.77. The van der Waals surface area contributed by atoms with Crippen LogP contribution in [0.5, 0.6) is 0 Å². The fraction of sp³-hybridized carbons (Fsp3) is 0.474. The number of sulfonamides is 1. The molecule has 0 unspecified atom stereocenters. The highest BCUT2D eigenvalue weighted by Crippen LogP contribution is 2.20. The number of hydrogen-bond acceptors (Lipinski definition) is 5. The van der Waals surface area contributed by atoms with E-state index in [1.165, 1.54) is 43.7 Å². The fourth-order valence-electron chi connectivity index (χ4n) is 2.99. The molecule has 1 aromatic carbocycles. The van der Waals surface area contributed by atoms with Gasteiger partial charge < -0.3 is 10.1 Å². The van der Waals surface area contributed by atoms with Crippen LogP contribution in [0.3, 0.4) is 0 Å². The highest BCUT2D eigenvalue weighted by molar-refractivity contribution is 7.92. The molecule has 1 aliphatic rings. The number of amides is 1. The van der Waals surface area contributed by atoms with Crippen LogP contribution in [0.4, 0.5) is 5.69 Å². The van der Waals surface area contributed by atoms with Crippen LogP contribution in [0, 0.1) is 0 Å². The number of ether oxygens (including phenoxy) is 1. The van der Waals surface area contributed by atoms with Crippen LogP contribution in [0.1, 0.15) is 42.5 Å². The van der Waals surface area contributed by atoms with Crippen molar-refractivity contribution in [1.29, 1.82) is 0 Å². The topological polar surface area (TPSA) is 92.8 Å². The van der Waals surface area contributed by atoms with Crippen molar-refractivity contribution in [3.63, 3.8) is 0 Å². The fourth-order valence-corrected chi connectivity index (χ4v) is 3.83. The number of nitrogens with one attached hydrogen (secondary N) is 1. The molecule has 0 spiro atoms. The highest BCUT2D eigenvalue weighted by Gasteiger charge is 2.22. The summed E-state index contributed by atoms with van der Waals surface area (Å²) in [6.45, 7) is 0.132. The van der Waals surface area contributed by atoms with Gasteiger partial charge in [0, 0.05) is 6.54 Å². The van der Waals surface area contributed by atoms with Crippen molar-refractivity contribution in [2.75, 3.05) is 30.8 Å². The average molecular weight is 394 g/mol. The van der Waals surface area contributed by atoms with Gasteiger partial charge >= 0.3 is 5.97 Å². The van der Waals surface area contributed by atoms with Crippen molar-refractivity contribution in [1.82, 2.24) is 5.32 Å². The summed E-state index contributed by atoms with van der Waals surface area (Å²) in [6.07, 6.45) is 8.56. The first-order valence-corrected chi connectivity index (χ1v) is 10.8. The van der Waals surface area contributed by atoms with E-state index in [4.69, 9.17) is 0 Å². The first-order chi connectivity index (χ1) is 12.8. The third-order valence-corrected chi connectivity index (χ3v) is 5.54. The van der Waals surface area contributed by atoms with Crippen molar-refractivity contribution >= 4 is 27.6 Å². The number of carbonyl (C=O) groups excluding carboxylic acids is 2. The molecule has 0 aromatic heterocycles. The van der Waals surface area contributed by atoms with Crippen LogP contribution in [0.25, 0.3) is 0 Å². The molecule has 2 rings (SSSR count). The molecule has 0 atom stereocenters. The number of allylic oxidation sites excluding steroid dienone is 1. The van der Waals surface area contributed by atoms with E-state index in [-0.39, 0.29) is 23.7 Å². The molecule has 1 N–H and O–H groups in total. The number of esters is 1. The average Bonchev–Trinajstić information content (AvgIpc) is 2.65. The number of anilines is 1. The molecule has 0 fully saturated rings. The predicted molar refractivity (Wildman–Crippen MR) is 104 cm³/mol. The summed E-state index contributed by atoms with van der Waals surface area (Å²) in [5.41, 5.74) is 1.80. The Morgan fingerprint density at radius 1 is 1.26 bits per heavy atom. The number of nitrogens with zero attached hydrogens (tertiary/aromatic N) is 1. The zero-order valence-corrected chi connectivity index (χ0v) is 16.5. The Balaban J connectivity index is 2.03. The van der Waals surface area contributed by atoms with Crippen LogP contribution in [-0.2, 0) is 19.6 Å². The molecule has 27 heavy (non-hydrogen) atoms. The van der Waals surface area contributed by atoms with E-state index in [0.29, 0.717) is 6.54 Å². The van der Waals surface area contributed by atoms with Gasteiger partial charge in [-0.05, 0) is 50.3 Å². The van der Waals surface area contributed by atoms with Crippen molar-refractivity contribution < 1.29 is 22.7 Å². The Hall–Kier alpha value is -2.35. The molecule has 1 amide bonds. The molecule has 148 valence electrons. The van der Waals surface area contributed by atoms with Gasteiger partial charge in [-0.25, -0.2) is 13.2 Å². The summed E-state index contributed by atoms with van der Waals surface area (Å²) in [6, 6.07) is 6.00. The second-order valence-corrected chi connectivity index (χ2v) is 8.43. The quantitative estimate of drug-likeness (QED) is 0.539. The standard InChI is InChI=1S/C19H26N2O5S/c1-26-19(23)16-9-6-10-17(13-16)21(27(2,24)25)14-18(22)20-12-11-15-7-4-3-5-8-15/h6-7,9-10,13H,3-5,8,11-12,14H2,1-2H3,(H,20,22). The molecular formula is C19H26N2O5S. The molecule has 0 radical (unpaired) electrons. The molecule has 0 bridgehead atoms. The van der Waals surface area contributed by atoms with Gasteiger partial charge in [0.05, 0.1) is 24.6 Å². The SMILES string of the molecule is COC(=O)c1cccc(N(CC(=O)NCCC2=CCCCC2)S(C)(=O)=O)c1. The smallest absolute Gasteiger partial charge is 0.337 e. The van der Waals surface area contributed by atoms with E-state index in [9.17, 15) is 18.0 Å². The minimum Gasteiger partial charge on any atom is -0.465 e. The molecule has 7 nitrogen and oxygen atoms in total. The maximum atomic E-state index is 12.3. The van der Waals surface area contributed by atoms with E-state index in [0.717, 1.165) is 29.8 Å². The van der Waals surface area contributed by atoms with Crippen molar-refractivity contribution in [3.8, 4) is 0 Å². The van der Waals surface area contributed by atoms with Crippen LogP contribution < -0.4 is 9.62 Å². The van der Waals surface area contributed by atoms with E-state index in [2.05, 4.69) is 16.1 Å². The van der Waals surface area contributed by atoms with Crippen LogP contribution in [0.2, 0.25) is 0 Å². The molecule has 1 aromatic rings. The second-order valence-electron chi connectivity index (χ2n) is 6.52.